The van der Waals surface area contributed by atoms with Gasteiger partial charge in [-0.2, -0.15) is 0 Å². The zero-order valence-corrected chi connectivity index (χ0v) is 10.8. The number of benzene rings is 2. The molecule has 0 radical (unpaired) electrons. The minimum atomic E-state index is -0.0197. The van der Waals surface area contributed by atoms with Gasteiger partial charge in [0, 0.05) is 12.1 Å². The zero-order valence-electron chi connectivity index (χ0n) is 10.8. The number of nitrogens with one attached hydrogen (secondary N) is 1. The number of amides is 1. The molecule has 0 spiro atoms. The fourth-order valence-electron chi connectivity index (χ4n) is 1.74. The molecule has 96 valence electrons. The molecule has 0 bridgehead atoms. The first kappa shape index (κ1) is 13.1. The normalized spacial score (nSPS) is 10.5. The molecule has 2 nitrogen and oxygen atoms in total. The smallest absolute Gasteiger partial charge is 0.251 e. The molecule has 0 fully saturated rings. The molecule has 0 saturated carbocycles. The zero-order chi connectivity index (χ0) is 13.3. The summed E-state index contributed by atoms with van der Waals surface area (Å²) >= 11 is 0. The van der Waals surface area contributed by atoms with Crippen LogP contribution in [-0.4, -0.2) is 12.5 Å². The summed E-state index contributed by atoms with van der Waals surface area (Å²) in [7, 11) is 0. The molecule has 2 rings (SSSR count). The van der Waals surface area contributed by atoms with Crippen molar-refractivity contribution >= 4 is 12.0 Å². The Morgan fingerprint density at radius 2 is 1.58 bits per heavy atom. The highest BCUT2D eigenvalue weighted by molar-refractivity contribution is 5.94. The molecule has 19 heavy (non-hydrogen) atoms. The largest absolute Gasteiger partial charge is 0.352 e. The lowest BCUT2D eigenvalue weighted by molar-refractivity contribution is 0.0954. The molecule has 0 aliphatic carbocycles. The Kier molecular flexibility index (Phi) is 4.94. The maximum absolute atomic E-state index is 11.7. The Hall–Kier alpha value is -2.35. The summed E-state index contributed by atoms with van der Waals surface area (Å²) < 4.78 is 0. The van der Waals surface area contributed by atoms with E-state index >= 15 is 0 Å². The fourth-order valence-corrected chi connectivity index (χ4v) is 1.74. The number of carbonyl (C=O) groups excluding carboxylic acids is 1. The molecule has 0 aliphatic rings. The summed E-state index contributed by atoms with van der Waals surface area (Å²) in [6.07, 6.45) is 4.96. The van der Waals surface area contributed by atoms with Crippen LogP contribution < -0.4 is 5.32 Å². The Morgan fingerprint density at radius 3 is 2.26 bits per heavy atom. The van der Waals surface area contributed by atoms with Crippen molar-refractivity contribution in [2.24, 2.45) is 0 Å². The second-order valence-electron chi connectivity index (χ2n) is 4.22. The van der Waals surface area contributed by atoms with Crippen LogP contribution in [0.1, 0.15) is 22.3 Å². The van der Waals surface area contributed by atoms with E-state index in [0.717, 1.165) is 6.42 Å². The summed E-state index contributed by atoms with van der Waals surface area (Å²) in [5.74, 6) is -0.0197. The van der Waals surface area contributed by atoms with Gasteiger partial charge in [0.15, 0.2) is 0 Å². The van der Waals surface area contributed by atoms with Crippen LogP contribution in [0.3, 0.4) is 0 Å². The van der Waals surface area contributed by atoms with Gasteiger partial charge >= 0.3 is 0 Å². The SMILES string of the molecule is O=C(NCCC=Cc1ccccc1)c1ccccc1. The van der Waals surface area contributed by atoms with Gasteiger partial charge in [0.1, 0.15) is 0 Å². The maximum Gasteiger partial charge on any atom is 0.251 e. The molecule has 2 heteroatoms. The minimum absolute atomic E-state index is 0.0197. The van der Waals surface area contributed by atoms with Crippen molar-refractivity contribution < 1.29 is 4.79 Å². The van der Waals surface area contributed by atoms with Gasteiger partial charge in [0.05, 0.1) is 0 Å². The second-order valence-corrected chi connectivity index (χ2v) is 4.22. The van der Waals surface area contributed by atoms with E-state index in [-0.39, 0.29) is 5.91 Å². The van der Waals surface area contributed by atoms with Gasteiger partial charge in [-0.3, -0.25) is 4.79 Å². The summed E-state index contributed by atoms with van der Waals surface area (Å²) in [6, 6.07) is 19.4. The van der Waals surface area contributed by atoms with Crippen LogP contribution in [0.2, 0.25) is 0 Å². The topological polar surface area (TPSA) is 29.1 Å². The average Bonchev–Trinajstić information content (AvgIpc) is 2.49. The van der Waals surface area contributed by atoms with Crippen molar-refractivity contribution in [3.8, 4) is 0 Å². The third kappa shape index (κ3) is 4.43. The lowest BCUT2D eigenvalue weighted by Gasteiger charge is -2.02. The van der Waals surface area contributed by atoms with Crippen molar-refractivity contribution in [1.82, 2.24) is 5.32 Å². The number of carbonyl (C=O) groups is 1. The van der Waals surface area contributed by atoms with Crippen molar-refractivity contribution in [3.63, 3.8) is 0 Å². The molecule has 1 N–H and O–H groups in total. The number of hydrogen-bond acceptors (Lipinski definition) is 1. The highest BCUT2D eigenvalue weighted by Gasteiger charge is 2.01. The fraction of sp³-hybridized carbons (Fsp3) is 0.118. The van der Waals surface area contributed by atoms with E-state index in [0.29, 0.717) is 12.1 Å². The van der Waals surface area contributed by atoms with E-state index in [2.05, 4.69) is 29.6 Å². The molecule has 1 amide bonds. The molecule has 0 saturated heterocycles. The van der Waals surface area contributed by atoms with Gasteiger partial charge in [0.2, 0.25) is 0 Å². The number of hydrogen-bond donors (Lipinski definition) is 1. The average molecular weight is 251 g/mol. The van der Waals surface area contributed by atoms with Gasteiger partial charge in [-0.15, -0.1) is 0 Å². The molecule has 0 aromatic heterocycles. The van der Waals surface area contributed by atoms with Crippen LogP contribution in [0, 0.1) is 0 Å². The van der Waals surface area contributed by atoms with Crippen molar-refractivity contribution in [2.75, 3.05) is 6.54 Å². The Morgan fingerprint density at radius 1 is 0.947 bits per heavy atom. The van der Waals surface area contributed by atoms with Crippen molar-refractivity contribution in [3.05, 3.63) is 77.9 Å². The Bertz CT molecular complexity index is 532. The summed E-state index contributed by atoms with van der Waals surface area (Å²) in [5.41, 5.74) is 1.88. The van der Waals surface area contributed by atoms with Gasteiger partial charge in [-0.25, -0.2) is 0 Å². The van der Waals surface area contributed by atoms with Gasteiger partial charge < -0.3 is 5.32 Å². The van der Waals surface area contributed by atoms with Gasteiger partial charge in [0.25, 0.3) is 5.91 Å². The maximum atomic E-state index is 11.7. The quantitative estimate of drug-likeness (QED) is 0.809. The van der Waals surface area contributed by atoms with E-state index in [1.165, 1.54) is 5.56 Å². The predicted octanol–water partition coefficient (Wildman–Crippen LogP) is 3.52. The predicted molar refractivity (Wildman–Crippen MR) is 78.9 cm³/mol. The third-order valence-corrected chi connectivity index (χ3v) is 2.74. The lowest BCUT2D eigenvalue weighted by atomic mass is 10.2. The van der Waals surface area contributed by atoms with E-state index in [9.17, 15) is 4.79 Å². The van der Waals surface area contributed by atoms with Crippen molar-refractivity contribution in [2.45, 2.75) is 6.42 Å². The molecular formula is C17H17NO. The molecule has 0 atom stereocenters. The highest BCUT2D eigenvalue weighted by Crippen LogP contribution is 2.02. The van der Waals surface area contributed by atoms with Gasteiger partial charge in [-0.1, -0.05) is 60.7 Å². The van der Waals surface area contributed by atoms with E-state index in [1.807, 2.05) is 48.5 Å². The summed E-state index contributed by atoms with van der Waals surface area (Å²) in [5, 5.41) is 2.90. The Balaban J connectivity index is 1.73. The van der Waals surface area contributed by atoms with E-state index in [1.54, 1.807) is 0 Å². The van der Waals surface area contributed by atoms with Gasteiger partial charge in [-0.05, 0) is 24.1 Å². The van der Waals surface area contributed by atoms with Crippen LogP contribution >= 0.6 is 0 Å². The lowest BCUT2D eigenvalue weighted by Crippen LogP contribution is -2.23. The summed E-state index contributed by atoms with van der Waals surface area (Å²) in [6.45, 7) is 0.650. The molecule has 0 aliphatic heterocycles. The minimum Gasteiger partial charge on any atom is -0.352 e. The van der Waals surface area contributed by atoms with Crippen LogP contribution in [0.25, 0.3) is 6.08 Å². The monoisotopic (exact) mass is 251 g/mol. The first-order chi connectivity index (χ1) is 9.36. The molecular weight excluding hydrogens is 234 g/mol. The third-order valence-electron chi connectivity index (χ3n) is 2.74. The Labute approximate surface area is 113 Å². The molecule has 0 unspecified atom stereocenters. The van der Waals surface area contributed by atoms with Crippen LogP contribution in [-0.2, 0) is 0 Å². The molecule has 0 heterocycles. The molecule has 2 aromatic carbocycles. The molecule has 2 aromatic rings. The van der Waals surface area contributed by atoms with Crippen LogP contribution in [0.4, 0.5) is 0 Å². The summed E-state index contributed by atoms with van der Waals surface area (Å²) in [4.78, 5) is 11.7. The second kappa shape index (κ2) is 7.17. The number of rotatable bonds is 5. The van der Waals surface area contributed by atoms with Crippen LogP contribution in [0.5, 0.6) is 0 Å². The highest BCUT2D eigenvalue weighted by atomic mass is 16.1. The first-order valence-corrected chi connectivity index (χ1v) is 6.41. The first-order valence-electron chi connectivity index (χ1n) is 6.41. The van der Waals surface area contributed by atoms with E-state index < -0.39 is 0 Å². The van der Waals surface area contributed by atoms with Crippen LogP contribution in [0.15, 0.2) is 66.7 Å². The van der Waals surface area contributed by atoms with Crippen molar-refractivity contribution in [1.29, 1.82) is 0 Å². The van der Waals surface area contributed by atoms with E-state index in [4.69, 9.17) is 0 Å². The standard InChI is InChI=1S/C17H17NO/c19-17(16-12-5-2-6-13-16)18-14-8-7-11-15-9-3-1-4-10-15/h1-7,9-13H,8,14H2,(H,18,19).